The first kappa shape index (κ1) is 22.0. The maximum Gasteiger partial charge on any atom is 0.119 e. The number of benzene rings is 3. The lowest BCUT2D eigenvalue weighted by atomic mass is 10.1. The number of imidazole rings is 1. The standard InChI is InChI=1S/C27H28ClN3O/c1-30(19-23-5-3-2-4-6-23)25-12-15-26(16-13-25)32-27(20-31-18-17-29-21-31)14-9-22-7-10-24(28)11-8-22/h2-8,10-13,15-18,21,27H,9,14,19-20H2,1H3. The lowest BCUT2D eigenvalue weighted by Gasteiger charge is -2.22. The largest absolute Gasteiger partial charge is 0.489 e. The molecule has 4 rings (SSSR count). The van der Waals surface area contributed by atoms with Gasteiger partial charge in [-0.05, 0) is 60.4 Å². The van der Waals surface area contributed by atoms with Gasteiger partial charge in [0.2, 0.25) is 0 Å². The highest BCUT2D eigenvalue weighted by Crippen LogP contribution is 2.22. The zero-order valence-electron chi connectivity index (χ0n) is 18.3. The van der Waals surface area contributed by atoms with Gasteiger partial charge in [-0.1, -0.05) is 54.1 Å². The molecule has 32 heavy (non-hydrogen) atoms. The number of hydrogen-bond acceptors (Lipinski definition) is 3. The molecule has 164 valence electrons. The summed E-state index contributed by atoms with van der Waals surface area (Å²) in [5.41, 5.74) is 3.71. The number of hydrogen-bond donors (Lipinski definition) is 0. The van der Waals surface area contributed by atoms with E-state index in [1.54, 1.807) is 6.20 Å². The molecule has 0 N–H and O–H groups in total. The van der Waals surface area contributed by atoms with Crippen LogP contribution in [0.25, 0.3) is 0 Å². The fourth-order valence-corrected chi connectivity index (χ4v) is 3.84. The Kier molecular flexibility index (Phi) is 7.47. The third-order valence-corrected chi connectivity index (χ3v) is 5.74. The molecule has 0 saturated heterocycles. The van der Waals surface area contributed by atoms with Crippen LogP contribution in [0.2, 0.25) is 5.02 Å². The van der Waals surface area contributed by atoms with Crippen LogP contribution in [0.4, 0.5) is 5.69 Å². The molecular weight excluding hydrogens is 418 g/mol. The summed E-state index contributed by atoms with van der Waals surface area (Å²) in [5.74, 6) is 0.878. The Hall–Kier alpha value is -3.24. The molecule has 1 aromatic heterocycles. The minimum absolute atomic E-state index is 0.0350. The summed E-state index contributed by atoms with van der Waals surface area (Å²) in [7, 11) is 2.11. The fourth-order valence-electron chi connectivity index (χ4n) is 3.72. The molecule has 1 unspecified atom stereocenters. The number of halogens is 1. The zero-order valence-corrected chi connectivity index (χ0v) is 19.0. The molecule has 0 aliphatic rings. The molecule has 0 bridgehead atoms. The van der Waals surface area contributed by atoms with Crippen molar-refractivity contribution >= 4 is 17.3 Å². The van der Waals surface area contributed by atoms with E-state index < -0.39 is 0 Å². The van der Waals surface area contributed by atoms with Crippen molar-refractivity contribution < 1.29 is 4.74 Å². The molecule has 0 radical (unpaired) electrons. The van der Waals surface area contributed by atoms with Gasteiger partial charge in [0.05, 0.1) is 12.9 Å². The van der Waals surface area contributed by atoms with E-state index in [0.29, 0.717) is 0 Å². The van der Waals surface area contributed by atoms with Gasteiger partial charge in [-0.2, -0.15) is 0 Å². The molecule has 4 aromatic rings. The highest BCUT2D eigenvalue weighted by atomic mass is 35.5. The number of ether oxygens (including phenoxy) is 1. The van der Waals surface area contributed by atoms with Crippen LogP contribution < -0.4 is 9.64 Å². The quantitative estimate of drug-likeness (QED) is 0.289. The summed E-state index contributed by atoms with van der Waals surface area (Å²) in [6, 6.07) is 26.9. The monoisotopic (exact) mass is 445 g/mol. The predicted octanol–water partition coefficient (Wildman–Crippen LogP) is 6.25. The van der Waals surface area contributed by atoms with E-state index in [-0.39, 0.29) is 6.10 Å². The van der Waals surface area contributed by atoms with Crippen molar-refractivity contribution in [3.8, 4) is 5.75 Å². The van der Waals surface area contributed by atoms with E-state index in [2.05, 4.69) is 82.2 Å². The fraction of sp³-hybridized carbons (Fsp3) is 0.222. The Morgan fingerprint density at radius 3 is 2.38 bits per heavy atom. The van der Waals surface area contributed by atoms with Gasteiger partial charge in [0.1, 0.15) is 11.9 Å². The minimum Gasteiger partial charge on any atom is -0.489 e. The highest BCUT2D eigenvalue weighted by Gasteiger charge is 2.13. The van der Waals surface area contributed by atoms with Crippen LogP contribution in [-0.2, 0) is 19.5 Å². The molecule has 3 aromatic carbocycles. The second kappa shape index (κ2) is 10.9. The molecule has 1 atom stereocenters. The maximum atomic E-state index is 6.39. The van der Waals surface area contributed by atoms with E-state index in [4.69, 9.17) is 16.3 Å². The molecule has 0 aliphatic heterocycles. The van der Waals surface area contributed by atoms with Crippen LogP contribution in [0.1, 0.15) is 17.5 Å². The first-order chi connectivity index (χ1) is 15.7. The van der Waals surface area contributed by atoms with E-state index in [1.165, 1.54) is 11.1 Å². The van der Waals surface area contributed by atoms with Crippen molar-refractivity contribution in [2.45, 2.75) is 32.0 Å². The summed E-state index contributed by atoms with van der Waals surface area (Å²) < 4.78 is 8.46. The maximum absolute atomic E-state index is 6.39. The third kappa shape index (κ3) is 6.38. The molecule has 5 heteroatoms. The smallest absolute Gasteiger partial charge is 0.119 e. The first-order valence-electron chi connectivity index (χ1n) is 10.9. The van der Waals surface area contributed by atoms with Gasteiger partial charge in [0, 0.05) is 36.7 Å². The number of aromatic nitrogens is 2. The number of aryl methyl sites for hydroxylation is 1. The van der Waals surface area contributed by atoms with Crippen LogP contribution in [0.15, 0.2) is 97.6 Å². The highest BCUT2D eigenvalue weighted by molar-refractivity contribution is 6.30. The lowest BCUT2D eigenvalue weighted by molar-refractivity contribution is 0.170. The van der Waals surface area contributed by atoms with Gasteiger partial charge in [-0.15, -0.1) is 0 Å². The Balaban J connectivity index is 1.39. The van der Waals surface area contributed by atoms with Crippen molar-refractivity contribution in [3.63, 3.8) is 0 Å². The normalized spacial score (nSPS) is 11.8. The number of anilines is 1. The second-order valence-corrected chi connectivity index (χ2v) is 8.44. The van der Waals surface area contributed by atoms with E-state index >= 15 is 0 Å². The van der Waals surface area contributed by atoms with E-state index in [9.17, 15) is 0 Å². The molecular formula is C27H28ClN3O. The SMILES string of the molecule is CN(Cc1ccccc1)c1ccc(OC(CCc2ccc(Cl)cc2)Cn2ccnc2)cc1. The summed E-state index contributed by atoms with van der Waals surface area (Å²) in [4.78, 5) is 6.40. The third-order valence-electron chi connectivity index (χ3n) is 5.48. The molecule has 0 spiro atoms. The van der Waals surface area contributed by atoms with Crippen LogP contribution in [0.5, 0.6) is 5.75 Å². The summed E-state index contributed by atoms with van der Waals surface area (Å²) >= 11 is 6.02. The van der Waals surface area contributed by atoms with Gasteiger partial charge in [0.15, 0.2) is 0 Å². The van der Waals surface area contributed by atoms with Crippen LogP contribution in [-0.4, -0.2) is 22.7 Å². The first-order valence-corrected chi connectivity index (χ1v) is 11.3. The second-order valence-electron chi connectivity index (χ2n) is 8.00. The lowest BCUT2D eigenvalue weighted by Crippen LogP contribution is -2.23. The van der Waals surface area contributed by atoms with Crippen molar-refractivity contribution in [1.82, 2.24) is 9.55 Å². The topological polar surface area (TPSA) is 30.3 Å². The zero-order chi connectivity index (χ0) is 22.2. The van der Waals surface area contributed by atoms with Gasteiger partial charge < -0.3 is 14.2 Å². The van der Waals surface area contributed by atoms with Crippen molar-refractivity contribution in [2.75, 3.05) is 11.9 Å². The van der Waals surface area contributed by atoms with Gasteiger partial charge in [0.25, 0.3) is 0 Å². The average molecular weight is 446 g/mol. The van der Waals surface area contributed by atoms with E-state index in [0.717, 1.165) is 42.4 Å². The Labute approximate surface area is 195 Å². The van der Waals surface area contributed by atoms with Crippen LogP contribution >= 0.6 is 11.6 Å². The van der Waals surface area contributed by atoms with Crippen molar-refractivity contribution in [3.05, 3.63) is 114 Å². The summed E-state index contributed by atoms with van der Waals surface area (Å²) in [6.07, 6.45) is 7.46. The van der Waals surface area contributed by atoms with Crippen LogP contribution in [0.3, 0.4) is 0 Å². The van der Waals surface area contributed by atoms with Crippen molar-refractivity contribution in [1.29, 1.82) is 0 Å². The minimum atomic E-state index is 0.0350. The molecule has 1 heterocycles. The Morgan fingerprint density at radius 1 is 0.938 bits per heavy atom. The molecule has 0 fully saturated rings. The summed E-state index contributed by atoms with van der Waals surface area (Å²) in [6.45, 7) is 1.62. The van der Waals surface area contributed by atoms with Crippen molar-refractivity contribution in [2.24, 2.45) is 0 Å². The molecule has 0 saturated carbocycles. The van der Waals surface area contributed by atoms with Crippen LogP contribution in [0, 0.1) is 0 Å². The average Bonchev–Trinajstić information content (AvgIpc) is 3.33. The summed E-state index contributed by atoms with van der Waals surface area (Å²) in [5, 5.41) is 0.761. The predicted molar refractivity (Wildman–Crippen MR) is 131 cm³/mol. The van der Waals surface area contributed by atoms with Gasteiger partial charge in [-0.3, -0.25) is 0 Å². The van der Waals surface area contributed by atoms with E-state index in [1.807, 2.05) is 30.7 Å². The molecule has 4 nitrogen and oxygen atoms in total. The van der Waals surface area contributed by atoms with Gasteiger partial charge in [-0.25, -0.2) is 4.98 Å². The Bertz CT molecular complexity index is 1060. The number of nitrogens with zero attached hydrogens (tertiary/aromatic N) is 3. The number of rotatable bonds is 10. The Morgan fingerprint density at radius 2 is 1.69 bits per heavy atom. The van der Waals surface area contributed by atoms with Gasteiger partial charge >= 0.3 is 0 Å². The molecule has 0 aliphatic carbocycles. The molecule has 0 amide bonds.